The Bertz CT molecular complexity index is 3110. The highest BCUT2D eigenvalue weighted by molar-refractivity contribution is 7.59. The van der Waals surface area contributed by atoms with E-state index in [2.05, 4.69) is 110 Å². The lowest BCUT2D eigenvalue weighted by Gasteiger charge is -2.31. The van der Waals surface area contributed by atoms with Crippen molar-refractivity contribution in [1.82, 2.24) is 0 Å². The standard InChI is InChI=1S/C32H48N3O9P.C28H42N3O7P.C4H7ClO2.C3H6O2.2H2S/c1-8-25(17-31(37)42-21-44-45(39,40)43-20-41-30(36)9-2)26-12-15-29(35(18-22(3)4)19-23(5)6)28(16-26)34-32(38)33-27-13-10-24(7)11-14-27;1-7-22(15-27(32)37-18-38-39(34,35)36)23-10-13-26(31(16-19(2)3)17-20(4)5)25(14-23)30-28(33)29-24-11-8-21(6)9-12-24;1-2-4(6)7-3-5;1-2-3(4)5;;/h10-16,22-23,25H,8-9,17-21H2,1-7H3,(H,39,40)(H2,33,34,38);8-14,19-20,22H,7,15-18H2,1-6H3,(H2,29,30,33)(H2,34,35,36);2-3H2,1H3;2H2,1H3,(H,4,5);2*1H2/t25-;22-;;;;/m00..../s1. The van der Waals surface area contributed by atoms with Crippen LogP contribution >= 0.6 is 54.2 Å². The molecule has 0 bridgehead atoms. The van der Waals surface area contributed by atoms with E-state index in [9.17, 15) is 47.6 Å². The number of hydrogen-bond acceptors (Lipinski definition) is 18. The van der Waals surface area contributed by atoms with Gasteiger partial charge >= 0.3 is 57.6 Å². The topological polar surface area (TPSA) is 354 Å². The summed E-state index contributed by atoms with van der Waals surface area (Å²) in [7, 11) is -9.34. The maximum atomic E-state index is 13.1. The number of ether oxygens (including phenoxy) is 4. The predicted molar refractivity (Wildman–Crippen MR) is 394 cm³/mol. The maximum Gasteiger partial charge on any atom is 0.478 e. The summed E-state index contributed by atoms with van der Waals surface area (Å²) in [5.41, 5.74) is 8.12. The average Bonchev–Trinajstić information content (AvgIpc) is 0.823. The number of amides is 4. The average molecular weight is 1480 g/mol. The largest absolute Gasteiger partial charge is 0.481 e. The molecule has 0 saturated heterocycles. The normalized spacial score (nSPS) is 11.9. The third-order valence-corrected chi connectivity index (χ3v) is 14.8. The minimum Gasteiger partial charge on any atom is -0.481 e. The lowest BCUT2D eigenvalue weighted by atomic mass is 9.92. The van der Waals surface area contributed by atoms with Crippen LogP contribution in [-0.2, 0) is 65.6 Å². The molecule has 0 aromatic heterocycles. The molecule has 4 rings (SSSR count). The van der Waals surface area contributed by atoms with Gasteiger partial charge in [0.25, 0.3) is 0 Å². The Morgan fingerprint density at radius 2 is 0.786 bits per heavy atom. The van der Waals surface area contributed by atoms with Crippen molar-refractivity contribution in [3.63, 3.8) is 0 Å². The summed E-state index contributed by atoms with van der Waals surface area (Å²) < 4.78 is 54.9. The summed E-state index contributed by atoms with van der Waals surface area (Å²) in [6, 6.07) is 25.8. The number of carbonyl (C=O) groups excluding carboxylic acids is 6. The Labute approximate surface area is 597 Å². The van der Waals surface area contributed by atoms with Crippen molar-refractivity contribution in [1.29, 1.82) is 0 Å². The number of esters is 4. The van der Waals surface area contributed by atoms with E-state index in [4.69, 9.17) is 36.0 Å². The fourth-order valence-electron chi connectivity index (χ4n) is 8.81. The second kappa shape index (κ2) is 50.0. The van der Waals surface area contributed by atoms with Crippen LogP contribution in [0.5, 0.6) is 0 Å². The molecule has 0 fully saturated rings. The number of urea groups is 2. The number of rotatable bonds is 35. The van der Waals surface area contributed by atoms with E-state index >= 15 is 0 Å². The number of alkyl halides is 1. The molecule has 0 aliphatic rings. The van der Waals surface area contributed by atoms with E-state index in [0.29, 0.717) is 65.7 Å². The van der Waals surface area contributed by atoms with E-state index in [1.165, 1.54) is 0 Å². The van der Waals surface area contributed by atoms with Gasteiger partial charge in [0.1, 0.15) is 0 Å². The first-order chi connectivity index (χ1) is 45.1. The zero-order valence-electron chi connectivity index (χ0n) is 59.1. The van der Waals surface area contributed by atoms with E-state index in [1.54, 1.807) is 20.8 Å². The molecule has 4 amide bonds. The van der Waals surface area contributed by atoms with Gasteiger partial charge in [0.2, 0.25) is 20.4 Å². The second-order valence-electron chi connectivity index (χ2n) is 23.8. The highest BCUT2D eigenvalue weighted by Gasteiger charge is 2.26. The molecule has 98 heavy (non-hydrogen) atoms. The zero-order valence-corrected chi connectivity index (χ0v) is 63.7. The number of benzene rings is 4. The number of phosphoric acid groups is 2. The first-order valence-corrected chi connectivity index (χ1v) is 35.4. The summed E-state index contributed by atoms with van der Waals surface area (Å²) in [5, 5.41) is 19.5. The minimum absolute atomic E-state index is 0. The van der Waals surface area contributed by atoms with Crippen LogP contribution in [-0.4, -0.2) is 114 Å². The monoisotopic (exact) mass is 1480 g/mol. The van der Waals surface area contributed by atoms with Gasteiger partial charge in [0.15, 0.2) is 6.07 Å². The number of phosphoric ester groups is 2. The molecule has 0 aliphatic carbocycles. The number of carboxylic acids is 1. The molecule has 0 aliphatic heterocycles. The van der Waals surface area contributed by atoms with E-state index < -0.39 is 65.9 Å². The number of nitrogens with one attached hydrogen (secondary N) is 4. The van der Waals surface area contributed by atoms with Gasteiger partial charge in [-0.05, 0) is 122 Å². The van der Waals surface area contributed by atoms with Crippen molar-refractivity contribution in [3.8, 4) is 0 Å². The molecule has 3 atom stereocenters. The number of halogens is 1. The van der Waals surface area contributed by atoms with Crippen LogP contribution in [0.2, 0.25) is 0 Å². The van der Waals surface area contributed by atoms with Gasteiger partial charge in [-0.1, -0.05) is 149 Å². The molecule has 554 valence electrons. The summed E-state index contributed by atoms with van der Waals surface area (Å²) in [6.07, 6.45) is 1.82. The molecular formula is C67H107ClN6O20P2S2. The van der Waals surface area contributed by atoms with Crippen molar-refractivity contribution in [3.05, 3.63) is 107 Å². The number of hydrogen-bond donors (Lipinski definition) is 8. The van der Waals surface area contributed by atoms with Gasteiger partial charge < -0.3 is 69.8 Å². The third-order valence-electron chi connectivity index (χ3n) is 13.3. The van der Waals surface area contributed by atoms with Crippen LogP contribution in [0, 0.1) is 37.5 Å². The molecule has 4 aromatic rings. The summed E-state index contributed by atoms with van der Waals surface area (Å²) in [6.45, 7) is 30.6. The number of carbonyl (C=O) groups is 7. The summed E-state index contributed by atoms with van der Waals surface area (Å²) in [4.78, 5) is 113. The molecule has 0 radical (unpaired) electrons. The smallest absolute Gasteiger partial charge is 0.478 e. The molecule has 31 heteroatoms. The van der Waals surface area contributed by atoms with Crippen LogP contribution in [0.15, 0.2) is 84.9 Å². The van der Waals surface area contributed by atoms with Gasteiger partial charge in [0, 0.05) is 56.8 Å². The molecule has 1 unspecified atom stereocenters. The van der Waals surface area contributed by atoms with E-state index in [1.807, 2.05) is 113 Å². The molecule has 0 spiro atoms. The minimum atomic E-state index is -4.73. The van der Waals surface area contributed by atoms with E-state index in [0.717, 1.165) is 59.8 Å². The number of nitrogens with zero attached hydrogens (tertiary/aromatic N) is 2. The Morgan fingerprint density at radius 1 is 0.469 bits per heavy atom. The predicted octanol–water partition coefficient (Wildman–Crippen LogP) is 15.3. The lowest BCUT2D eigenvalue weighted by molar-refractivity contribution is -0.154. The quantitative estimate of drug-likeness (QED) is 0.00697. The van der Waals surface area contributed by atoms with Gasteiger partial charge in [0.05, 0.1) is 35.6 Å². The highest BCUT2D eigenvalue weighted by Crippen LogP contribution is 2.43. The Hall–Kier alpha value is -6.42. The number of anilines is 6. The van der Waals surface area contributed by atoms with Crippen LogP contribution in [0.1, 0.15) is 169 Å². The van der Waals surface area contributed by atoms with Gasteiger partial charge in [-0.15, -0.1) is 0 Å². The van der Waals surface area contributed by atoms with Crippen molar-refractivity contribution in [2.45, 2.75) is 161 Å². The van der Waals surface area contributed by atoms with Crippen molar-refractivity contribution in [2.75, 3.05) is 83.7 Å². The number of aliphatic carboxylic acids is 1. The first-order valence-electron chi connectivity index (χ1n) is 31.9. The molecule has 4 aromatic carbocycles. The van der Waals surface area contributed by atoms with Crippen LogP contribution < -0.4 is 31.1 Å². The zero-order chi connectivity index (χ0) is 72.7. The molecule has 0 heterocycles. The molecular weight excluding hydrogens is 1370 g/mol. The Balaban J connectivity index is 0. The van der Waals surface area contributed by atoms with Crippen molar-refractivity contribution < 1.29 is 95.0 Å². The fraction of sp³-hybridized carbons (Fsp3) is 0.537. The molecule has 26 nitrogen and oxygen atoms in total. The highest BCUT2D eigenvalue weighted by atomic mass is 35.5. The van der Waals surface area contributed by atoms with Crippen molar-refractivity contribution in [2.24, 2.45) is 23.7 Å². The first kappa shape index (κ1) is 93.6. The Kier molecular flexibility index (Phi) is 47.8. The fourth-order valence-corrected chi connectivity index (χ4v) is 9.57. The van der Waals surface area contributed by atoms with Gasteiger partial charge in [-0.25, -0.2) is 32.3 Å². The number of carboxylic acid groups (broad SMARTS) is 1. The molecule has 0 saturated carbocycles. The lowest BCUT2D eigenvalue weighted by Crippen LogP contribution is -2.32. The van der Waals surface area contributed by atoms with Crippen molar-refractivity contribution >= 4 is 130 Å². The number of aryl methyl sites for hydroxylation is 2. The van der Waals surface area contributed by atoms with Crippen LogP contribution in [0.25, 0.3) is 0 Å². The Morgan fingerprint density at radius 3 is 1.06 bits per heavy atom. The SMILES string of the molecule is CCC(=O)O.CCC(=O)OCCl.CCC(=O)OCOP(=O)(O)OCOC(=O)C[C@H](CC)c1ccc(N(CC(C)C)CC(C)C)c(NC(=O)Nc2ccc(C)cc2)c1.CC[C@@H](CC(=O)OCOP(=O)(O)O)c1ccc(N(CC(C)C)CC(C)C)c(NC(=O)Nc2ccc(C)cc2)c1.S.S. The van der Waals surface area contributed by atoms with Crippen LogP contribution in [0.4, 0.5) is 43.7 Å². The van der Waals surface area contributed by atoms with Gasteiger partial charge in [-0.2, -0.15) is 27.0 Å². The van der Waals surface area contributed by atoms with Crippen LogP contribution in [0.3, 0.4) is 0 Å². The maximum absolute atomic E-state index is 13.1. The second-order valence-corrected chi connectivity index (χ2v) is 26.7. The third kappa shape index (κ3) is 41.9. The van der Waals surface area contributed by atoms with Gasteiger partial charge in [-0.3, -0.25) is 24.0 Å². The summed E-state index contributed by atoms with van der Waals surface area (Å²) >= 11 is 5.03. The summed E-state index contributed by atoms with van der Waals surface area (Å²) in [5.74, 6) is -1.89. The van der Waals surface area contributed by atoms with E-state index in [-0.39, 0.29) is 82.6 Å². The molecule has 8 N–H and O–H groups in total.